The van der Waals surface area contributed by atoms with E-state index in [9.17, 15) is 5.11 Å². The molecule has 0 saturated carbocycles. The minimum Gasteiger partial charge on any atom is -0.388 e. The number of aliphatic hydroxyl groups is 1. The lowest BCUT2D eigenvalue weighted by Crippen LogP contribution is -2.26. The molecule has 102 valence electrons. The van der Waals surface area contributed by atoms with Gasteiger partial charge in [-0.05, 0) is 37.9 Å². The van der Waals surface area contributed by atoms with Crippen LogP contribution < -0.4 is 0 Å². The summed E-state index contributed by atoms with van der Waals surface area (Å²) in [6.07, 6.45) is 8.58. The molecule has 2 rings (SSSR count). The Morgan fingerprint density at radius 1 is 1.28 bits per heavy atom. The van der Waals surface area contributed by atoms with E-state index in [0.29, 0.717) is 0 Å². The Morgan fingerprint density at radius 3 is 2.78 bits per heavy atom. The first-order valence-corrected chi connectivity index (χ1v) is 7.33. The average Bonchev–Trinajstić information content (AvgIpc) is 2.71. The molecule has 1 N–H and O–H groups in total. The zero-order chi connectivity index (χ0) is 13.0. The molecule has 0 bridgehead atoms. The Labute approximate surface area is 110 Å². The summed E-state index contributed by atoms with van der Waals surface area (Å²) >= 11 is 0. The van der Waals surface area contributed by atoms with E-state index in [1.807, 2.05) is 0 Å². The number of likely N-dealkylation sites (N-methyl/N-ethyl adjacent to an activating group) is 1. The fourth-order valence-electron chi connectivity index (χ4n) is 2.82. The van der Waals surface area contributed by atoms with E-state index in [-0.39, 0.29) is 6.10 Å². The number of fused-ring (bicyclic) bond motifs is 1. The van der Waals surface area contributed by atoms with Crippen LogP contribution in [0.1, 0.15) is 50.3 Å². The summed E-state index contributed by atoms with van der Waals surface area (Å²) in [5, 5.41) is 10.1. The van der Waals surface area contributed by atoms with E-state index in [1.165, 1.54) is 17.5 Å². The van der Waals surface area contributed by atoms with Crippen molar-refractivity contribution in [2.24, 2.45) is 0 Å². The van der Waals surface area contributed by atoms with Gasteiger partial charge in [-0.2, -0.15) is 0 Å². The Bertz CT molecular complexity index is 369. The van der Waals surface area contributed by atoms with E-state index < -0.39 is 0 Å². The van der Waals surface area contributed by atoms with E-state index in [0.717, 1.165) is 45.4 Å². The number of aromatic nitrogens is 1. The standard InChI is InChI=1S/C15H26N2O/c1-3-16(4-2)9-10-17-11-13-7-5-6-8-15(18)14(13)12-17/h11-12,15,18H,3-10H2,1-2H3. The smallest absolute Gasteiger partial charge is 0.0807 e. The quantitative estimate of drug-likeness (QED) is 0.814. The maximum atomic E-state index is 10.1. The van der Waals surface area contributed by atoms with E-state index in [1.54, 1.807) is 0 Å². The van der Waals surface area contributed by atoms with Gasteiger partial charge in [0.2, 0.25) is 0 Å². The Kier molecular flexibility index (Phi) is 4.84. The third-order valence-electron chi connectivity index (χ3n) is 4.10. The maximum absolute atomic E-state index is 10.1. The summed E-state index contributed by atoms with van der Waals surface area (Å²) in [5.74, 6) is 0. The maximum Gasteiger partial charge on any atom is 0.0807 e. The van der Waals surface area contributed by atoms with Gasteiger partial charge in [0.1, 0.15) is 0 Å². The summed E-state index contributed by atoms with van der Waals surface area (Å²) in [7, 11) is 0. The molecule has 18 heavy (non-hydrogen) atoms. The van der Waals surface area contributed by atoms with Gasteiger partial charge in [-0.1, -0.05) is 20.3 Å². The molecule has 1 aromatic rings. The molecule has 0 amide bonds. The lowest BCUT2D eigenvalue weighted by atomic mass is 10.1. The third-order valence-corrected chi connectivity index (χ3v) is 4.10. The van der Waals surface area contributed by atoms with Crippen LogP contribution in [0.2, 0.25) is 0 Å². The van der Waals surface area contributed by atoms with Crippen LogP contribution in [0.15, 0.2) is 12.4 Å². The Morgan fingerprint density at radius 2 is 2.06 bits per heavy atom. The first-order chi connectivity index (χ1) is 8.74. The molecule has 1 aliphatic carbocycles. The monoisotopic (exact) mass is 250 g/mol. The topological polar surface area (TPSA) is 28.4 Å². The minimum absolute atomic E-state index is 0.239. The highest BCUT2D eigenvalue weighted by molar-refractivity contribution is 5.27. The second-order valence-electron chi connectivity index (χ2n) is 5.27. The number of hydrogen-bond donors (Lipinski definition) is 1. The predicted octanol–water partition coefficient (Wildman–Crippen LogP) is 2.59. The lowest BCUT2D eigenvalue weighted by molar-refractivity contribution is 0.166. The van der Waals surface area contributed by atoms with E-state index >= 15 is 0 Å². The van der Waals surface area contributed by atoms with Crippen molar-refractivity contribution >= 4 is 0 Å². The fourth-order valence-corrected chi connectivity index (χ4v) is 2.82. The highest BCUT2D eigenvalue weighted by Gasteiger charge is 2.18. The van der Waals surface area contributed by atoms with Crippen molar-refractivity contribution < 1.29 is 5.11 Å². The molecule has 0 aliphatic heterocycles. The van der Waals surface area contributed by atoms with Crippen molar-refractivity contribution in [3.8, 4) is 0 Å². The average molecular weight is 250 g/mol. The molecule has 0 aromatic carbocycles. The molecular formula is C15H26N2O. The van der Waals surface area contributed by atoms with Crippen LogP contribution in [0.3, 0.4) is 0 Å². The van der Waals surface area contributed by atoms with Gasteiger partial charge < -0.3 is 14.6 Å². The number of nitrogens with zero attached hydrogens (tertiary/aromatic N) is 2. The molecular weight excluding hydrogens is 224 g/mol. The van der Waals surface area contributed by atoms with Gasteiger partial charge >= 0.3 is 0 Å². The SMILES string of the molecule is CCN(CC)CCn1cc2c(c1)C(O)CCCC2. The van der Waals surface area contributed by atoms with Crippen molar-refractivity contribution in [3.63, 3.8) is 0 Å². The van der Waals surface area contributed by atoms with Crippen LogP contribution in [0.4, 0.5) is 0 Å². The number of rotatable bonds is 5. The molecule has 1 aliphatic rings. The minimum atomic E-state index is -0.239. The zero-order valence-electron chi connectivity index (χ0n) is 11.7. The van der Waals surface area contributed by atoms with Crippen LogP contribution in [0.5, 0.6) is 0 Å². The van der Waals surface area contributed by atoms with Crippen molar-refractivity contribution in [3.05, 3.63) is 23.5 Å². The first-order valence-electron chi connectivity index (χ1n) is 7.33. The van der Waals surface area contributed by atoms with E-state index in [4.69, 9.17) is 0 Å². The lowest BCUT2D eigenvalue weighted by Gasteiger charge is -2.18. The van der Waals surface area contributed by atoms with Gasteiger partial charge in [-0.3, -0.25) is 0 Å². The largest absolute Gasteiger partial charge is 0.388 e. The normalized spacial score (nSPS) is 19.9. The molecule has 0 saturated heterocycles. The highest BCUT2D eigenvalue weighted by Crippen LogP contribution is 2.29. The van der Waals surface area contributed by atoms with Crippen LogP contribution >= 0.6 is 0 Å². The molecule has 1 unspecified atom stereocenters. The highest BCUT2D eigenvalue weighted by atomic mass is 16.3. The molecule has 0 fully saturated rings. The van der Waals surface area contributed by atoms with Crippen molar-refractivity contribution in [2.45, 2.75) is 52.2 Å². The zero-order valence-corrected chi connectivity index (χ0v) is 11.7. The van der Waals surface area contributed by atoms with Crippen LogP contribution in [0.25, 0.3) is 0 Å². The van der Waals surface area contributed by atoms with Gasteiger partial charge in [-0.25, -0.2) is 0 Å². The van der Waals surface area contributed by atoms with Gasteiger partial charge in [0, 0.05) is 31.0 Å². The van der Waals surface area contributed by atoms with Gasteiger partial charge in [0.05, 0.1) is 6.10 Å². The van der Waals surface area contributed by atoms with Crippen molar-refractivity contribution in [2.75, 3.05) is 19.6 Å². The van der Waals surface area contributed by atoms with Crippen LogP contribution in [0, 0.1) is 0 Å². The van der Waals surface area contributed by atoms with Gasteiger partial charge in [0.15, 0.2) is 0 Å². The van der Waals surface area contributed by atoms with Crippen LogP contribution in [-0.2, 0) is 13.0 Å². The molecule has 0 spiro atoms. The molecule has 3 heteroatoms. The summed E-state index contributed by atoms with van der Waals surface area (Å²) in [5.41, 5.74) is 2.53. The molecule has 3 nitrogen and oxygen atoms in total. The summed E-state index contributed by atoms with van der Waals surface area (Å²) in [6.45, 7) is 8.76. The summed E-state index contributed by atoms with van der Waals surface area (Å²) in [6, 6.07) is 0. The second kappa shape index (κ2) is 6.39. The molecule has 0 radical (unpaired) electrons. The van der Waals surface area contributed by atoms with E-state index in [2.05, 4.69) is 35.7 Å². The fraction of sp³-hybridized carbons (Fsp3) is 0.733. The third kappa shape index (κ3) is 3.15. The molecule has 1 atom stereocenters. The Hall–Kier alpha value is -0.800. The number of aliphatic hydroxyl groups excluding tert-OH is 1. The predicted molar refractivity (Wildman–Crippen MR) is 74.7 cm³/mol. The van der Waals surface area contributed by atoms with Gasteiger partial charge in [0.25, 0.3) is 0 Å². The number of hydrogen-bond acceptors (Lipinski definition) is 2. The van der Waals surface area contributed by atoms with Crippen molar-refractivity contribution in [1.82, 2.24) is 9.47 Å². The van der Waals surface area contributed by atoms with Crippen molar-refractivity contribution in [1.29, 1.82) is 0 Å². The molecule has 1 heterocycles. The van der Waals surface area contributed by atoms with Crippen LogP contribution in [-0.4, -0.2) is 34.2 Å². The number of aryl methyl sites for hydroxylation is 1. The Balaban J connectivity index is 2.00. The first kappa shape index (κ1) is 13.6. The summed E-state index contributed by atoms with van der Waals surface area (Å²) < 4.78 is 2.26. The summed E-state index contributed by atoms with van der Waals surface area (Å²) in [4.78, 5) is 2.43. The molecule has 1 aromatic heterocycles. The van der Waals surface area contributed by atoms with Gasteiger partial charge in [-0.15, -0.1) is 0 Å². The second-order valence-corrected chi connectivity index (χ2v) is 5.27.